The number of nitrogens with zero attached hydrogens (tertiary/aromatic N) is 1. The number of hydrogen-bond donors (Lipinski definition) is 1. The van der Waals surface area contributed by atoms with Gasteiger partial charge in [0.2, 0.25) is 11.8 Å². The Bertz CT molecular complexity index is 813. The summed E-state index contributed by atoms with van der Waals surface area (Å²) in [6.07, 6.45) is 0.279. The Kier molecular flexibility index (Phi) is 5.40. The van der Waals surface area contributed by atoms with Gasteiger partial charge in [-0.05, 0) is 30.0 Å². The van der Waals surface area contributed by atoms with Gasteiger partial charge in [0, 0.05) is 25.2 Å². The SMILES string of the molecule is Cc1cccc(CN2CC(C(=O)Nc3ccccc3C(C)C)CC2=O)c1. The zero-order valence-corrected chi connectivity index (χ0v) is 15.7. The monoisotopic (exact) mass is 350 g/mol. The van der Waals surface area contributed by atoms with Crippen LogP contribution < -0.4 is 5.32 Å². The third-order valence-corrected chi connectivity index (χ3v) is 4.88. The molecule has 0 spiro atoms. The molecule has 1 fully saturated rings. The fourth-order valence-electron chi connectivity index (χ4n) is 3.48. The molecule has 0 bridgehead atoms. The van der Waals surface area contributed by atoms with E-state index in [4.69, 9.17) is 0 Å². The van der Waals surface area contributed by atoms with Gasteiger partial charge in [-0.3, -0.25) is 9.59 Å². The van der Waals surface area contributed by atoms with Crippen molar-refractivity contribution in [3.8, 4) is 0 Å². The highest BCUT2D eigenvalue weighted by molar-refractivity contribution is 5.97. The van der Waals surface area contributed by atoms with Crippen molar-refractivity contribution in [3.63, 3.8) is 0 Å². The number of hydrogen-bond acceptors (Lipinski definition) is 2. The molecule has 4 heteroatoms. The average molecular weight is 350 g/mol. The maximum absolute atomic E-state index is 12.7. The van der Waals surface area contributed by atoms with E-state index >= 15 is 0 Å². The molecular weight excluding hydrogens is 324 g/mol. The molecule has 0 aromatic heterocycles. The summed E-state index contributed by atoms with van der Waals surface area (Å²) in [6.45, 7) is 7.29. The normalized spacial score (nSPS) is 17.0. The van der Waals surface area contributed by atoms with Gasteiger partial charge >= 0.3 is 0 Å². The second-order valence-corrected chi connectivity index (χ2v) is 7.40. The van der Waals surface area contributed by atoms with Crippen LogP contribution in [0.25, 0.3) is 0 Å². The van der Waals surface area contributed by atoms with Crippen molar-refractivity contribution in [3.05, 3.63) is 65.2 Å². The molecule has 1 N–H and O–H groups in total. The zero-order chi connectivity index (χ0) is 18.7. The van der Waals surface area contributed by atoms with Crippen LogP contribution in [0, 0.1) is 12.8 Å². The molecule has 0 saturated carbocycles. The van der Waals surface area contributed by atoms with E-state index in [0.29, 0.717) is 19.0 Å². The lowest BCUT2D eigenvalue weighted by Crippen LogP contribution is -2.28. The van der Waals surface area contributed by atoms with Crippen molar-refractivity contribution in [2.75, 3.05) is 11.9 Å². The topological polar surface area (TPSA) is 49.4 Å². The minimum absolute atomic E-state index is 0.0452. The molecule has 1 atom stereocenters. The first-order chi connectivity index (χ1) is 12.4. The molecule has 1 heterocycles. The Morgan fingerprint density at radius 1 is 1.19 bits per heavy atom. The summed E-state index contributed by atoms with van der Waals surface area (Å²) in [6, 6.07) is 16.0. The number of nitrogens with one attached hydrogen (secondary N) is 1. The maximum Gasteiger partial charge on any atom is 0.229 e. The third-order valence-electron chi connectivity index (χ3n) is 4.88. The quantitative estimate of drug-likeness (QED) is 0.882. The average Bonchev–Trinajstić information content (AvgIpc) is 2.96. The lowest BCUT2D eigenvalue weighted by Gasteiger charge is -2.18. The number of anilines is 1. The summed E-state index contributed by atoms with van der Waals surface area (Å²) >= 11 is 0. The summed E-state index contributed by atoms with van der Waals surface area (Å²) in [5, 5.41) is 3.03. The van der Waals surface area contributed by atoms with Crippen LogP contribution in [0.1, 0.15) is 42.9 Å². The highest BCUT2D eigenvalue weighted by Crippen LogP contribution is 2.26. The predicted octanol–water partition coefficient (Wildman–Crippen LogP) is 4.11. The molecule has 4 nitrogen and oxygen atoms in total. The van der Waals surface area contributed by atoms with Crippen molar-refractivity contribution >= 4 is 17.5 Å². The van der Waals surface area contributed by atoms with Gasteiger partial charge in [0.1, 0.15) is 0 Å². The molecule has 1 saturated heterocycles. The summed E-state index contributed by atoms with van der Waals surface area (Å²) < 4.78 is 0. The number of likely N-dealkylation sites (tertiary alicyclic amines) is 1. The first kappa shape index (κ1) is 18.2. The second kappa shape index (κ2) is 7.73. The largest absolute Gasteiger partial charge is 0.338 e. The number of amides is 2. The summed E-state index contributed by atoms with van der Waals surface area (Å²) in [5.41, 5.74) is 4.23. The zero-order valence-electron chi connectivity index (χ0n) is 15.7. The van der Waals surface area contributed by atoms with E-state index in [-0.39, 0.29) is 24.2 Å². The number of para-hydroxylation sites is 1. The minimum Gasteiger partial charge on any atom is -0.338 e. The third kappa shape index (κ3) is 4.13. The van der Waals surface area contributed by atoms with Crippen LogP contribution in [-0.2, 0) is 16.1 Å². The molecule has 2 aromatic rings. The number of carbonyl (C=O) groups excluding carboxylic acids is 2. The first-order valence-electron chi connectivity index (χ1n) is 9.17. The van der Waals surface area contributed by atoms with Crippen molar-refractivity contribution in [2.45, 2.75) is 39.7 Å². The number of carbonyl (C=O) groups is 2. The van der Waals surface area contributed by atoms with Gasteiger partial charge in [-0.1, -0.05) is 61.9 Å². The Hall–Kier alpha value is -2.62. The van der Waals surface area contributed by atoms with Crippen LogP contribution in [0.5, 0.6) is 0 Å². The van der Waals surface area contributed by atoms with Crippen molar-refractivity contribution < 1.29 is 9.59 Å². The Labute approximate surface area is 155 Å². The first-order valence-corrected chi connectivity index (χ1v) is 9.17. The van der Waals surface area contributed by atoms with E-state index in [0.717, 1.165) is 16.8 Å². The van der Waals surface area contributed by atoms with E-state index in [2.05, 4.69) is 25.2 Å². The minimum atomic E-state index is -0.299. The standard InChI is InChI=1S/C22H26N2O2/c1-15(2)19-9-4-5-10-20(19)23-22(26)18-12-21(25)24(14-18)13-17-8-6-7-16(3)11-17/h4-11,15,18H,12-14H2,1-3H3,(H,23,26). The summed E-state index contributed by atoms with van der Waals surface area (Å²) in [7, 11) is 0. The van der Waals surface area contributed by atoms with Crippen LogP contribution in [0.3, 0.4) is 0 Å². The summed E-state index contributed by atoms with van der Waals surface area (Å²) in [4.78, 5) is 26.8. The number of aryl methyl sites for hydroxylation is 1. The molecular formula is C22H26N2O2. The second-order valence-electron chi connectivity index (χ2n) is 7.40. The molecule has 0 aliphatic carbocycles. The van der Waals surface area contributed by atoms with Gasteiger partial charge in [-0.25, -0.2) is 0 Å². The molecule has 26 heavy (non-hydrogen) atoms. The van der Waals surface area contributed by atoms with E-state index in [9.17, 15) is 9.59 Å². The lowest BCUT2D eigenvalue weighted by atomic mass is 10.0. The molecule has 1 aliphatic rings. The molecule has 2 aromatic carbocycles. The van der Waals surface area contributed by atoms with Crippen LogP contribution >= 0.6 is 0 Å². The van der Waals surface area contributed by atoms with E-state index in [1.807, 2.05) is 49.4 Å². The van der Waals surface area contributed by atoms with Crippen LogP contribution in [-0.4, -0.2) is 23.3 Å². The van der Waals surface area contributed by atoms with Crippen LogP contribution in [0.4, 0.5) is 5.69 Å². The lowest BCUT2D eigenvalue weighted by molar-refractivity contribution is -0.128. The summed E-state index contributed by atoms with van der Waals surface area (Å²) in [5.74, 6) is 0.00375. The van der Waals surface area contributed by atoms with Crippen molar-refractivity contribution in [1.82, 2.24) is 4.90 Å². The fraction of sp³-hybridized carbons (Fsp3) is 0.364. The Morgan fingerprint density at radius 2 is 1.96 bits per heavy atom. The molecule has 1 unspecified atom stereocenters. The molecule has 2 amide bonds. The molecule has 136 valence electrons. The molecule has 3 rings (SSSR count). The maximum atomic E-state index is 12.7. The van der Waals surface area contributed by atoms with Gasteiger partial charge in [0.05, 0.1) is 5.92 Å². The van der Waals surface area contributed by atoms with Gasteiger partial charge in [0.25, 0.3) is 0 Å². The Morgan fingerprint density at radius 3 is 2.69 bits per heavy atom. The highest BCUT2D eigenvalue weighted by Gasteiger charge is 2.34. The molecule has 0 radical (unpaired) electrons. The van der Waals surface area contributed by atoms with Crippen molar-refractivity contribution in [1.29, 1.82) is 0 Å². The van der Waals surface area contributed by atoms with Crippen LogP contribution in [0.2, 0.25) is 0 Å². The predicted molar refractivity (Wildman–Crippen MR) is 104 cm³/mol. The van der Waals surface area contributed by atoms with Gasteiger partial charge in [-0.2, -0.15) is 0 Å². The number of benzene rings is 2. The van der Waals surface area contributed by atoms with Crippen LogP contribution in [0.15, 0.2) is 48.5 Å². The fourth-order valence-corrected chi connectivity index (χ4v) is 3.48. The van der Waals surface area contributed by atoms with Crippen molar-refractivity contribution in [2.24, 2.45) is 5.92 Å². The Balaban J connectivity index is 1.66. The van der Waals surface area contributed by atoms with E-state index in [1.54, 1.807) is 4.90 Å². The molecule has 1 aliphatic heterocycles. The van der Waals surface area contributed by atoms with Gasteiger partial charge in [-0.15, -0.1) is 0 Å². The highest BCUT2D eigenvalue weighted by atomic mass is 16.2. The number of rotatable bonds is 5. The van der Waals surface area contributed by atoms with Gasteiger partial charge < -0.3 is 10.2 Å². The van der Waals surface area contributed by atoms with Gasteiger partial charge in [0.15, 0.2) is 0 Å². The van der Waals surface area contributed by atoms with E-state index in [1.165, 1.54) is 5.56 Å². The smallest absolute Gasteiger partial charge is 0.229 e. The van der Waals surface area contributed by atoms with E-state index < -0.39 is 0 Å².